The van der Waals surface area contributed by atoms with Gasteiger partial charge in [-0.3, -0.25) is 4.79 Å². The Kier molecular flexibility index (Phi) is 2.90. The molecule has 0 aromatic carbocycles. The Bertz CT molecular complexity index is 364. The van der Waals surface area contributed by atoms with Gasteiger partial charge < -0.3 is 10.0 Å². The van der Waals surface area contributed by atoms with Gasteiger partial charge in [0.15, 0.2) is 5.13 Å². The smallest absolute Gasteiger partial charge is 0.303 e. The Morgan fingerprint density at radius 1 is 1.80 bits per heavy atom. The minimum absolute atomic E-state index is 0.279. The van der Waals surface area contributed by atoms with E-state index < -0.39 is 5.97 Å². The van der Waals surface area contributed by atoms with Gasteiger partial charge in [0.1, 0.15) is 0 Å². The molecule has 2 heterocycles. The van der Waals surface area contributed by atoms with Gasteiger partial charge in [-0.1, -0.05) is 0 Å². The van der Waals surface area contributed by atoms with Crippen LogP contribution in [0.25, 0.3) is 0 Å². The van der Waals surface area contributed by atoms with Crippen molar-refractivity contribution in [3.05, 3.63) is 11.1 Å². The summed E-state index contributed by atoms with van der Waals surface area (Å²) < 4.78 is 0. The zero-order chi connectivity index (χ0) is 10.8. The molecular weight excluding hydrogens is 212 g/mol. The molecule has 5 heteroatoms. The number of aromatic nitrogens is 1. The van der Waals surface area contributed by atoms with E-state index in [1.54, 1.807) is 11.3 Å². The van der Waals surface area contributed by atoms with Crippen molar-refractivity contribution >= 4 is 22.4 Å². The van der Waals surface area contributed by atoms with E-state index in [4.69, 9.17) is 5.11 Å². The van der Waals surface area contributed by atoms with Crippen LogP contribution < -0.4 is 4.90 Å². The third kappa shape index (κ3) is 2.47. The fourth-order valence-corrected chi connectivity index (χ4v) is 2.75. The maximum Gasteiger partial charge on any atom is 0.303 e. The number of carbonyl (C=O) groups is 1. The monoisotopic (exact) mass is 226 g/mol. The van der Waals surface area contributed by atoms with Crippen LogP contribution in [0, 0.1) is 12.8 Å². The first kappa shape index (κ1) is 10.4. The van der Waals surface area contributed by atoms with E-state index in [1.165, 1.54) is 0 Å². The van der Waals surface area contributed by atoms with Crippen LogP contribution in [0.4, 0.5) is 5.13 Å². The van der Waals surface area contributed by atoms with Crippen LogP contribution in [-0.4, -0.2) is 29.1 Å². The molecule has 1 atom stereocenters. The quantitative estimate of drug-likeness (QED) is 0.853. The molecule has 0 aliphatic carbocycles. The second-order valence-electron chi connectivity index (χ2n) is 3.97. The van der Waals surface area contributed by atoms with E-state index in [9.17, 15) is 4.79 Å². The minimum Gasteiger partial charge on any atom is -0.481 e. The van der Waals surface area contributed by atoms with Gasteiger partial charge in [0.05, 0.1) is 5.69 Å². The van der Waals surface area contributed by atoms with Gasteiger partial charge in [0, 0.05) is 24.9 Å². The Labute approximate surface area is 92.6 Å². The fraction of sp³-hybridized carbons (Fsp3) is 0.600. The fourth-order valence-electron chi connectivity index (χ4n) is 1.91. The number of aliphatic carboxylic acids is 1. The average Bonchev–Trinajstić information content (AvgIpc) is 2.72. The number of anilines is 1. The lowest BCUT2D eigenvalue weighted by Gasteiger charge is -2.13. The van der Waals surface area contributed by atoms with E-state index in [-0.39, 0.29) is 12.3 Å². The van der Waals surface area contributed by atoms with Gasteiger partial charge in [-0.15, -0.1) is 11.3 Å². The lowest BCUT2D eigenvalue weighted by Crippen LogP contribution is -2.20. The molecule has 0 radical (unpaired) electrons. The lowest BCUT2D eigenvalue weighted by molar-refractivity contribution is -0.137. The minimum atomic E-state index is -0.697. The molecule has 0 amide bonds. The van der Waals surface area contributed by atoms with Crippen molar-refractivity contribution in [1.29, 1.82) is 0 Å². The van der Waals surface area contributed by atoms with Crippen LogP contribution in [0.2, 0.25) is 0 Å². The van der Waals surface area contributed by atoms with Crippen molar-refractivity contribution in [1.82, 2.24) is 4.98 Å². The zero-order valence-corrected chi connectivity index (χ0v) is 9.46. The van der Waals surface area contributed by atoms with Gasteiger partial charge in [-0.25, -0.2) is 4.98 Å². The third-order valence-electron chi connectivity index (χ3n) is 2.63. The number of carboxylic acids is 1. The largest absolute Gasteiger partial charge is 0.481 e. The average molecular weight is 226 g/mol. The molecule has 1 saturated heterocycles. The second-order valence-corrected chi connectivity index (χ2v) is 4.81. The molecule has 1 aromatic heterocycles. The summed E-state index contributed by atoms with van der Waals surface area (Å²) in [6.45, 7) is 3.74. The first-order chi connectivity index (χ1) is 7.15. The third-order valence-corrected chi connectivity index (χ3v) is 3.65. The molecule has 0 saturated carbocycles. The Morgan fingerprint density at radius 2 is 2.60 bits per heavy atom. The van der Waals surface area contributed by atoms with Crippen LogP contribution in [0.1, 0.15) is 18.5 Å². The van der Waals surface area contributed by atoms with Gasteiger partial charge in [0.25, 0.3) is 0 Å². The summed E-state index contributed by atoms with van der Waals surface area (Å²) in [5.74, 6) is -0.413. The summed E-state index contributed by atoms with van der Waals surface area (Å²) in [6, 6.07) is 0. The summed E-state index contributed by atoms with van der Waals surface area (Å²) in [7, 11) is 0. The van der Waals surface area contributed by atoms with E-state index in [1.807, 2.05) is 12.3 Å². The zero-order valence-electron chi connectivity index (χ0n) is 8.64. The molecule has 1 fully saturated rings. The normalized spacial score (nSPS) is 20.9. The van der Waals surface area contributed by atoms with Crippen molar-refractivity contribution in [2.45, 2.75) is 19.8 Å². The number of nitrogens with zero attached hydrogens (tertiary/aromatic N) is 2. The number of thiazole rings is 1. The molecule has 1 unspecified atom stereocenters. The molecule has 82 valence electrons. The molecule has 1 aliphatic rings. The van der Waals surface area contributed by atoms with Crippen LogP contribution >= 0.6 is 11.3 Å². The number of rotatable bonds is 3. The Balaban J connectivity index is 1.95. The summed E-state index contributed by atoms with van der Waals surface area (Å²) in [5.41, 5.74) is 1.04. The summed E-state index contributed by atoms with van der Waals surface area (Å²) >= 11 is 1.64. The maximum atomic E-state index is 10.6. The molecular formula is C10H14N2O2S. The summed E-state index contributed by atoms with van der Waals surface area (Å²) in [5, 5.41) is 11.8. The van der Waals surface area contributed by atoms with Gasteiger partial charge in [-0.05, 0) is 19.3 Å². The van der Waals surface area contributed by atoms with E-state index in [0.717, 1.165) is 30.3 Å². The highest BCUT2D eigenvalue weighted by Crippen LogP contribution is 2.28. The first-order valence-electron chi connectivity index (χ1n) is 5.04. The van der Waals surface area contributed by atoms with E-state index in [0.29, 0.717) is 0 Å². The second kappa shape index (κ2) is 4.18. The molecule has 4 nitrogen and oxygen atoms in total. The van der Waals surface area contributed by atoms with Crippen molar-refractivity contribution in [3.63, 3.8) is 0 Å². The molecule has 15 heavy (non-hydrogen) atoms. The Hall–Kier alpha value is -1.10. The number of aryl methyl sites for hydroxylation is 1. The summed E-state index contributed by atoms with van der Waals surface area (Å²) in [6.07, 6.45) is 1.24. The molecule has 1 N–H and O–H groups in total. The van der Waals surface area contributed by atoms with Crippen LogP contribution in [-0.2, 0) is 4.79 Å². The predicted molar refractivity (Wildman–Crippen MR) is 59.4 cm³/mol. The van der Waals surface area contributed by atoms with Crippen molar-refractivity contribution in [2.75, 3.05) is 18.0 Å². The number of hydrogen-bond donors (Lipinski definition) is 1. The molecule has 1 aromatic rings. The SMILES string of the molecule is Cc1csc(N2CCC(CC(=O)O)C2)n1. The van der Waals surface area contributed by atoms with Gasteiger partial charge in [-0.2, -0.15) is 0 Å². The van der Waals surface area contributed by atoms with Crippen LogP contribution in [0.5, 0.6) is 0 Å². The highest BCUT2D eigenvalue weighted by atomic mass is 32.1. The van der Waals surface area contributed by atoms with E-state index >= 15 is 0 Å². The van der Waals surface area contributed by atoms with Crippen molar-refractivity contribution < 1.29 is 9.90 Å². The molecule has 0 spiro atoms. The molecule has 2 rings (SSSR count). The van der Waals surface area contributed by atoms with E-state index in [2.05, 4.69) is 9.88 Å². The standard InChI is InChI=1S/C10H14N2O2S/c1-7-6-15-10(11-7)12-3-2-8(5-12)4-9(13)14/h6,8H,2-5H2,1H3,(H,13,14). The molecule has 0 bridgehead atoms. The van der Waals surface area contributed by atoms with Gasteiger partial charge in [0.2, 0.25) is 0 Å². The highest BCUT2D eigenvalue weighted by molar-refractivity contribution is 7.13. The first-order valence-corrected chi connectivity index (χ1v) is 5.92. The molecule has 1 aliphatic heterocycles. The maximum absolute atomic E-state index is 10.6. The lowest BCUT2D eigenvalue weighted by atomic mass is 10.1. The highest BCUT2D eigenvalue weighted by Gasteiger charge is 2.25. The van der Waals surface area contributed by atoms with Crippen LogP contribution in [0.15, 0.2) is 5.38 Å². The van der Waals surface area contributed by atoms with Crippen molar-refractivity contribution in [2.24, 2.45) is 5.92 Å². The van der Waals surface area contributed by atoms with Crippen molar-refractivity contribution in [3.8, 4) is 0 Å². The number of carboxylic acid groups (broad SMARTS) is 1. The predicted octanol–water partition coefficient (Wildman–Crippen LogP) is 1.75. The Morgan fingerprint density at radius 3 is 3.20 bits per heavy atom. The summed E-state index contributed by atoms with van der Waals surface area (Å²) in [4.78, 5) is 17.2. The topological polar surface area (TPSA) is 53.4 Å². The van der Waals surface area contributed by atoms with Gasteiger partial charge >= 0.3 is 5.97 Å². The number of hydrogen-bond acceptors (Lipinski definition) is 4. The van der Waals surface area contributed by atoms with Crippen LogP contribution in [0.3, 0.4) is 0 Å².